The highest BCUT2D eigenvalue weighted by Gasteiger charge is 2.31. The van der Waals surface area contributed by atoms with Crippen LogP contribution in [-0.4, -0.2) is 23.0 Å². The first-order valence-electron chi connectivity index (χ1n) is 7.89. The lowest BCUT2D eigenvalue weighted by Gasteiger charge is -2.29. The van der Waals surface area contributed by atoms with Crippen LogP contribution < -0.4 is 0 Å². The Morgan fingerprint density at radius 1 is 1.09 bits per heavy atom. The maximum atomic E-state index is 6.24. The number of pyridine rings is 1. The molecule has 4 rings (SSSR count). The van der Waals surface area contributed by atoms with Crippen LogP contribution in [0.4, 0.5) is 0 Å². The highest BCUT2D eigenvalue weighted by Crippen LogP contribution is 2.38. The second-order valence-electron chi connectivity index (χ2n) is 6.19. The molecule has 0 amide bonds. The van der Waals surface area contributed by atoms with Crippen LogP contribution in [0.3, 0.4) is 0 Å². The fourth-order valence-electron chi connectivity index (χ4n) is 3.78. The summed E-state index contributed by atoms with van der Waals surface area (Å²) in [6.07, 6.45) is 6.56. The van der Waals surface area contributed by atoms with E-state index in [1.807, 2.05) is 12.3 Å². The predicted octanol–water partition coefficient (Wildman–Crippen LogP) is 4.78. The molecular formula is C18H18BrClN2. The average Bonchev–Trinajstić information content (AvgIpc) is 2.98. The minimum atomic E-state index is 0.278. The summed E-state index contributed by atoms with van der Waals surface area (Å²) in [5.41, 5.74) is 5.35. The van der Waals surface area contributed by atoms with Gasteiger partial charge in [0.2, 0.25) is 0 Å². The van der Waals surface area contributed by atoms with Crippen LogP contribution >= 0.6 is 27.5 Å². The molecule has 1 atom stereocenters. The fourth-order valence-corrected chi connectivity index (χ4v) is 4.36. The van der Waals surface area contributed by atoms with Gasteiger partial charge in [-0.05, 0) is 89.6 Å². The molecule has 1 fully saturated rings. The number of benzene rings is 1. The third kappa shape index (κ3) is 2.60. The van der Waals surface area contributed by atoms with E-state index < -0.39 is 0 Å². The molecule has 22 heavy (non-hydrogen) atoms. The Bertz CT molecular complexity index is 657. The average molecular weight is 378 g/mol. The van der Waals surface area contributed by atoms with Crippen molar-refractivity contribution in [2.24, 2.45) is 0 Å². The zero-order valence-electron chi connectivity index (χ0n) is 12.4. The quantitative estimate of drug-likeness (QED) is 0.711. The van der Waals surface area contributed by atoms with Crippen LogP contribution in [0.1, 0.15) is 41.3 Å². The number of hydrogen-bond donors (Lipinski definition) is 0. The van der Waals surface area contributed by atoms with E-state index in [2.05, 4.69) is 39.0 Å². The van der Waals surface area contributed by atoms with Crippen molar-refractivity contribution >= 4 is 27.5 Å². The SMILES string of the molecule is Clc1ccc2c(c1)CCc1cc(Br)cnc1C2N1CCCC1. The molecule has 1 aromatic carbocycles. The molecule has 1 unspecified atom stereocenters. The first-order chi connectivity index (χ1) is 10.7. The number of halogens is 2. The van der Waals surface area contributed by atoms with E-state index in [4.69, 9.17) is 16.6 Å². The zero-order valence-corrected chi connectivity index (χ0v) is 14.7. The Morgan fingerprint density at radius 2 is 1.86 bits per heavy atom. The summed E-state index contributed by atoms with van der Waals surface area (Å²) in [5.74, 6) is 0. The van der Waals surface area contributed by atoms with Gasteiger partial charge >= 0.3 is 0 Å². The highest BCUT2D eigenvalue weighted by molar-refractivity contribution is 9.10. The molecule has 0 saturated carbocycles. The number of aromatic nitrogens is 1. The Balaban J connectivity index is 1.89. The van der Waals surface area contributed by atoms with E-state index in [1.165, 1.54) is 35.2 Å². The van der Waals surface area contributed by atoms with Gasteiger partial charge in [-0.25, -0.2) is 0 Å². The summed E-state index contributed by atoms with van der Waals surface area (Å²) in [7, 11) is 0. The van der Waals surface area contributed by atoms with Crippen molar-refractivity contribution in [3.63, 3.8) is 0 Å². The number of nitrogens with zero attached hydrogens (tertiary/aromatic N) is 2. The monoisotopic (exact) mass is 376 g/mol. The van der Waals surface area contributed by atoms with Crippen molar-refractivity contribution < 1.29 is 0 Å². The molecule has 2 heterocycles. The first kappa shape index (κ1) is 14.7. The van der Waals surface area contributed by atoms with Gasteiger partial charge in [-0.2, -0.15) is 0 Å². The van der Waals surface area contributed by atoms with Gasteiger partial charge in [-0.15, -0.1) is 0 Å². The van der Waals surface area contributed by atoms with Crippen LogP contribution in [0.15, 0.2) is 34.9 Å². The van der Waals surface area contributed by atoms with Crippen LogP contribution in [0.2, 0.25) is 5.02 Å². The minimum Gasteiger partial charge on any atom is -0.291 e. The summed E-state index contributed by atoms with van der Waals surface area (Å²) in [4.78, 5) is 7.39. The lowest BCUT2D eigenvalue weighted by molar-refractivity contribution is 0.276. The molecule has 114 valence electrons. The molecule has 0 bridgehead atoms. The molecule has 1 aliphatic carbocycles. The summed E-state index contributed by atoms with van der Waals surface area (Å²) < 4.78 is 1.07. The molecule has 1 saturated heterocycles. The molecule has 0 radical (unpaired) electrons. The Labute approximate surface area is 144 Å². The maximum Gasteiger partial charge on any atom is 0.0781 e. The summed E-state index contributed by atoms with van der Waals surface area (Å²) in [6.45, 7) is 2.31. The van der Waals surface area contributed by atoms with Gasteiger partial charge in [0.15, 0.2) is 0 Å². The zero-order chi connectivity index (χ0) is 15.1. The smallest absolute Gasteiger partial charge is 0.0781 e. The second kappa shape index (κ2) is 5.95. The van der Waals surface area contributed by atoms with E-state index in [1.54, 1.807) is 0 Å². The van der Waals surface area contributed by atoms with Crippen molar-refractivity contribution in [3.05, 3.63) is 62.3 Å². The molecule has 2 aliphatic rings. The second-order valence-corrected chi connectivity index (χ2v) is 7.54. The largest absolute Gasteiger partial charge is 0.291 e. The molecule has 0 N–H and O–H groups in total. The van der Waals surface area contributed by atoms with Gasteiger partial charge in [0.05, 0.1) is 11.7 Å². The number of rotatable bonds is 1. The van der Waals surface area contributed by atoms with Gasteiger partial charge in [-0.1, -0.05) is 17.7 Å². The number of hydrogen-bond acceptors (Lipinski definition) is 2. The van der Waals surface area contributed by atoms with Crippen molar-refractivity contribution in [3.8, 4) is 0 Å². The maximum absolute atomic E-state index is 6.24. The Morgan fingerprint density at radius 3 is 2.68 bits per heavy atom. The Hall–Kier alpha value is -0.900. The normalized spacial score (nSPS) is 21.3. The van der Waals surface area contributed by atoms with E-state index >= 15 is 0 Å². The number of aryl methyl sites for hydroxylation is 2. The van der Waals surface area contributed by atoms with Gasteiger partial charge < -0.3 is 0 Å². The van der Waals surface area contributed by atoms with Crippen LogP contribution in [0.5, 0.6) is 0 Å². The molecule has 1 aliphatic heterocycles. The van der Waals surface area contributed by atoms with Gasteiger partial charge in [0, 0.05) is 15.7 Å². The van der Waals surface area contributed by atoms with E-state index in [0.717, 1.165) is 35.4 Å². The third-order valence-corrected chi connectivity index (χ3v) is 5.46. The van der Waals surface area contributed by atoms with Gasteiger partial charge in [-0.3, -0.25) is 9.88 Å². The van der Waals surface area contributed by atoms with Crippen LogP contribution in [0, 0.1) is 0 Å². The van der Waals surface area contributed by atoms with Gasteiger partial charge in [0.1, 0.15) is 0 Å². The van der Waals surface area contributed by atoms with E-state index in [9.17, 15) is 0 Å². The molecular weight excluding hydrogens is 360 g/mol. The predicted molar refractivity (Wildman–Crippen MR) is 93.4 cm³/mol. The van der Waals surface area contributed by atoms with Crippen molar-refractivity contribution in [1.29, 1.82) is 0 Å². The minimum absolute atomic E-state index is 0.278. The van der Waals surface area contributed by atoms with Gasteiger partial charge in [0.25, 0.3) is 0 Å². The number of fused-ring (bicyclic) bond motifs is 2. The summed E-state index contributed by atoms with van der Waals surface area (Å²) >= 11 is 9.81. The highest BCUT2D eigenvalue weighted by atomic mass is 79.9. The molecule has 1 aromatic heterocycles. The standard InChI is InChI=1S/C18H18BrClN2/c19-14-9-13-4-3-12-10-15(20)5-6-16(12)18(17(13)21-11-14)22-7-1-2-8-22/h5-6,9-11,18H,1-4,7-8H2. The molecule has 2 nitrogen and oxygen atoms in total. The van der Waals surface area contributed by atoms with Crippen molar-refractivity contribution in [2.75, 3.05) is 13.1 Å². The molecule has 0 spiro atoms. The third-order valence-electron chi connectivity index (χ3n) is 4.80. The lowest BCUT2D eigenvalue weighted by atomic mass is 9.97. The molecule has 4 heteroatoms. The van der Waals surface area contributed by atoms with E-state index in [0.29, 0.717) is 0 Å². The molecule has 2 aromatic rings. The van der Waals surface area contributed by atoms with Crippen molar-refractivity contribution in [2.45, 2.75) is 31.7 Å². The first-order valence-corrected chi connectivity index (χ1v) is 9.06. The summed E-state index contributed by atoms with van der Waals surface area (Å²) in [6, 6.07) is 8.88. The van der Waals surface area contributed by atoms with Crippen molar-refractivity contribution in [1.82, 2.24) is 9.88 Å². The number of likely N-dealkylation sites (tertiary alicyclic amines) is 1. The topological polar surface area (TPSA) is 16.1 Å². The Kier molecular flexibility index (Phi) is 3.97. The lowest BCUT2D eigenvalue weighted by Crippen LogP contribution is -2.28. The van der Waals surface area contributed by atoms with Crippen LogP contribution in [0.25, 0.3) is 0 Å². The van der Waals surface area contributed by atoms with Crippen LogP contribution in [-0.2, 0) is 12.8 Å². The summed E-state index contributed by atoms with van der Waals surface area (Å²) in [5, 5.41) is 0.832. The van der Waals surface area contributed by atoms with E-state index in [-0.39, 0.29) is 6.04 Å². The fraction of sp³-hybridized carbons (Fsp3) is 0.389.